The summed E-state index contributed by atoms with van der Waals surface area (Å²) in [6.07, 6.45) is 3.86. The fourth-order valence-electron chi connectivity index (χ4n) is 1.96. The largest absolute Gasteiger partial charge is 0.409 e. The first-order valence-corrected chi connectivity index (χ1v) is 7.66. The zero-order valence-electron chi connectivity index (χ0n) is 9.93. The lowest BCUT2D eigenvalue weighted by molar-refractivity contribution is 0.316. The molecular formula is C10H21N3O3S. The van der Waals surface area contributed by atoms with Gasteiger partial charge in [-0.15, -0.1) is 0 Å². The zero-order valence-corrected chi connectivity index (χ0v) is 10.7. The van der Waals surface area contributed by atoms with Crippen LogP contribution in [0.2, 0.25) is 0 Å². The Balaban J connectivity index is 2.05. The number of sulfone groups is 1. The van der Waals surface area contributed by atoms with E-state index in [2.05, 4.69) is 10.5 Å². The highest BCUT2D eigenvalue weighted by atomic mass is 32.2. The first-order chi connectivity index (χ1) is 8.06. The Morgan fingerprint density at radius 1 is 1.47 bits per heavy atom. The molecule has 0 saturated carbocycles. The molecule has 1 atom stereocenters. The maximum absolute atomic E-state index is 11.5. The Kier molecular flexibility index (Phi) is 5.70. The third kappa shape index (κ3) is 4.91. The van der Waals surface area contributed by atoms with Gasteiger partial charge in [-0.2, -0.15) is 0 Å². The van der Waals surface area contributed by atoms with Crippen molar-refractivity contribution in [2.24, 2.45) is 10.9 Å². The van der Waals surface area contributed by atoms with Crippen molar-refractivity contribution in [2.45, 2.75) is 37.4 Å². The second-order valence-corrected chi connectivity index (χ2v) is 6.78. The third-order valence-electron chi connectivity index (χ3n) is 3.00. The molecule has 100 valence electrons. The second kappa shape index (κ2) is 6.80. The first kappa shape index (κ1) is 14.2. The summed E-state index contributed by atoms with van der Waals surface area (Å²) in [7, 11) is -2.83. The number of unbranched alkanes of at least 4 members (excludes halogenated alkanes) is 1. The summed E-state index contributed by atoms with van der Waals surface area (Å²) in [5.41, 5.74) is 5.32. The van der Waals surface area contributed by atoms with Gasteiger partial charge in [0.15, 0.2) is 9.84 Å². The van der Waals surface area contributed by atoms with Crippen LogP contribution in [0.25, 0.3) is 0 Å². The summed E-state index contributed by atoms with van der Waals surface area (Å²) in [4.78, 5) is 0. The average Bonchev–Trinajstić information content (AvgIpc) is 2.62. The Labute approximate surface area is 102 Å². The quantitative estimate of drug-likeness (QED) is 0.198. The van der Waals surface area contributed by atoms with Crippen LogP contribution in [0.15, 0.2) is 5.16 Å². The lowest BCUT2D eigenvalue weighted by atomic mass is 10.2. The number of hydrogen-bond donors (Lipinski definition) is 3. The van der Waals surface area contributed by atoms with Gasteiger partial charge < -0.3 is 16.3 Å². The van der Waals surface area contributed by atoms with Gasteiger partial charge >= 0.3 is 0 Å². The molecule has 1 fully saturated rings. The minimum atomic E-state index is -2.83. The Morgan fingerprint density at radius 2 is 2.24 bits per heavy atom. The summed E-state index contributed by atoms with van der Waals surface area (Å²) in [5.74, 6) is 0.575. The van der Waals surface area contributed by atoms with Gasteiger partial charge in [0.2, 0.25) is 0 Å². The summed E-state index contributed by atoms with van der Waals surface area (Å²) < 4.78 is 23.0. The van der Waals surface area contributed by atoms with E-state index in [4.69, 9.17) is 10.9 Å². The molecule has 6 nitrogen and oxygen atoms in total. The number of amidine groups is 1. The lowest BCUT2D eigenvalue weighted by Gasteiger charge is -2.10. The fraction of sp³-hybridized carbons (Fsp3) is 0.900. The predicted molar refractivity (Wildman–Crippen MR) is 66.9 cm³/mol. The minimum Gasteiger partial charge on any atom is -0.409 e. The van der Waals surface area contributed by atoms with E-state index in [0.29, 0.717) is 18.7 Å². The molecule has 1 aliphatic heterocycles. The van der Waals surface area contributed by atoms with Crippen LogP contribution >= 0.6 is 0 Å². The number of oxime groups is 1. The molecule has 0 aromatic heterocycles. The molecule has 0 aromatic rings. The van der Waals surface area contributed by atoms with Gasteiger partial charge in [-0.25, -0.2) is 8.42 Å². The van der Waals surface area contributed by atoms with Crippen molar-refractivity contribution in [3.05, 3.63) is 0 Å². The van der Waals surface area contributed by atoms with Crippen LogP contribution < -0.4 is 11.1 Å². The Bertz CT molecular complexity index is 354. The van der Waals surface area contributed by atoms with E-state index >= 15 is 0 Å². The SMILES string of the molecule is NC(CCCCNCC1CCCS1(=O)=O)=NO. The van der Waals surface area contributed by atoms with Crippen LogP contribution in [0.1, 0.15) is 32.1 Å². The van der Waals surface area contributed by atoms with Gasteiger partial charge in [-0.3, -0.25) is 0 Å². The van der Waals surface area contributed by atoms with Crippen LogP contribution in [0, 0.1) is 0 Å². The summed E-state index contributed by atoms with van der Waals surface area (Å²) in [6, 6.07) is 0. The molecule has 17 heavy (non-hydrogen) atoms. The molecule has 1 unspecified atom stereocenters. The van der Waals surface area contributed by atoms with Crippen LogP contribution in [0.4, 0.5) is 0 Å². The highest BCUT2D eigenvalue weighted by molar-refractivity contribution is 7.92. The minimum absolute atomic E-state index is 0.202. The second-order valence-electron chi connectivity index (χ2n) is 4.38. The Hall–Kier alpha value is -0.820. The van der Waals surface area contributed by atoms with E-state index in [0.717, 1.165) is 32.2 Å². The maximum Gasteiger partial charge on any atom is 0.154 e. The first-order valence-electron chi connectivity index (χ1n) is 5.95. The van der Waals surface area contributed by atoms with Gasteiger partial charge in [0.1, 0.15) is 5.84 Å². The topological polar surface area (TPSA) is 105 Å². The highest BCUT2D eigenvalue weighted by Crippen LogP contribution is 2.18. The monoisotopic (exact) mass is 263 g/mol. The highest BCUT2D eigenvalue weighted by Gasteiger charge is 2.30. The molecule has 7 heteroatoms. The van der Waals surface area contributed by atoms with Crippen molar-refractivity contribution >= 4 is 15.7 Å². The van der Waals surface area contributed by atoms with E-state index in [9.17, 15) is 8.42 Å². The van der Waals surface area contributed by atoms with Crippen molar-refractivity contribution in [1.29, 1.82) is 0 Å². The van der Waals surface area contributed by atoms with Crippen molar-refractivity contribution < 1.29 is 13.6 Å². The smallest absolute Gasteiger partial charge is 0.154 e. The summed E-state index contributed by atoms with van der Waals surface area (Å²) >= 11 is 0. The van der Waals surface area contributed by atoms with E-state index in [1.807, 2.05) is 0 Å². The number of nitrogens with two attached hydrogens (primary N) is 1. The molecular weight excluding hydrogens is 242 g/mol. The fourth-order valence-corrected chi connectivity index (χ4v) is 3.76. The number of nitrogens with one attached hydrogen (secondary N) is 1. The molecule has 0 bridgehead atoms. The number of hydrogen-bond acceptors (Lipinski definition) is 5. The van der Waals surface area contributed by atoms with E-state index in [1.165, 1.54) is 0 Å². The molecule has 0 aromatic carbocycles. The zero-order chi connectivity index (χ0) is 12.7. The van der Waals surface area contributed by atoms with Gasteiger partial charge in [-0.1, -0.05) is 5.16 Å². The normalized spacial score (nSPS) is 24.0. The molecule has 4 N–H and O–H groups in total. The number of nitrogens with zero attached hydrogens (tertiary/aromatic N) is 1. The van der Waals surface area contributed by atoms with Crippen molar-refractivity contribution in [3.63, 3.8) is 0 Å². The van der Waals surface area contributed by atoms with Gasteiger partial charge in [0, 0.05) is 13.0 Å². The number of rotatable bonds is 7. The molecule has 0 spiro atoms. The molecule has 1 aliphatic rings. The average molecular weight is 263 g/mol. The Morgan fingerprint density at radius 3 is 2.82 bits per heavy atom. The van der Waals surface area contributed by atoms with Crippen molar-refractivity contribution in [1.82, 2.24) is 5.32 Å². The van der Waals surface area contributed by atoms with Crippen LogP contribution in [0.3, 0.4) is 0 Å². The van der Waals surface area contributed by atoms with Gasteiger partial charge in [0.25, 0.3) is 0 Å². The van der Waals surface area contributed by atoms with E-state index in [-0.39, 0.29) is 11.1 Å². The van der Waals surface area contributed by atoms with E-state index in [1.54, 1.807) is 0 Å². The van der Waals surface area contributed by atoms with Crippen molar-refractivity contribution in [3.8, 4) is 0 Å². The lowest BCUT2D eigenvalue weighted by Crippen LogP contribution is -2.31. The van der Waals surface area contributed by atoms with Crippen LogP contribution in [-0.4, -0.2) is 43.6 Å². The maximum atomic E-state index is 11.5. The molecule has 0 radical (unpaired) electrons. The van der Waals surface area contributed by atoms with Gasteiger partial charge in [0.05, 0.1) is 11.0 Å². The van der Waals surface area contributed by atoms with Gasteiger partial charge in [-0.05, 0) is 32.2 Å². The molecule has 0 aliphatic carbocycles. The molecule has 0 amide bonds. The predicted octanol–water partition coefficient (Wildman–Crippen LogP) is 0.0699. The van der Waals surface area contributed by atoms with Crippen LogP contribution in [0.5, 0.6) is 0 Å². The standard InChI is InChI=1S/C10H21N3O3S/c11-10(13-14)5-1-2-6-12-8-9-4-3-7-17(9,15)16/h9,12,14H,1-8H2,(H2,11,13). The molecule has 1 saturated heterocycles. The molecule has 1 heterocycles. The summed E-state index contributed by atoms with van der Waals surface area (Å²) in [6.45, 7) is 1.32. The summed E-state index contributed by atoms with van der Waals surface area (Å²) in [5, 5.41) is 14.2. The van der Waals surface area contributed by atoms with Crippen molar-refractivity contribution in [2.75, 3.05) is 18.8 Å². The van der Waals surface area contributed by atoms with E-state index < -0.39 is 9.84 Å². The third-order valence-corrected chi connectivity index (χ3v) is 5.28. The molecule has 1 rings (SSSR count). The van der Waals surface area contributed by atoms with Crippen LogP contribution in [-0.2, 0) is 9.84 Å².